The lowest BCUT2D eigenvalue weighted by molar-refractivity contribution is 0.0697. The fourth-order valence-electron chi connectivity index (χ4n) is 2.50. The zero-order valence-corrected chi connectivity index (χ0v) is 11.8. The van der Waals surface area contributed by atoms with Crippen molar-refractivity contribution in [3.05, 3.63) is 40.4 Å². The summed E-state index contributed by atoms with van der Waals surface area (Å²) in [5, 5.41) is 9.97. The lowest BCUT2D eigenvalue weighted by atomic mass is 9.91. The van der Waals surface area contributed by atoms with E-state index in [1.807, 2.05) is 6.07 Å². The monoisotopic (exact) mass is 273 g/mol. The Labute approximate surface area is 115 Å². The van der Waals surface area contributed by atoms with Gasteiger partial charge in [0.15, 0.2) is 0 Å². The van der Waals surface area contributed by atoms with E-state index < -0.39 is 5.97 Å². The van der Waals surface area contributed by atoms with Gasteiger partial charge in [-0.05, 0) is 25.0 Å². The van der Waals surface area contributed by atoms with Gasteiger partial charge in [-0.3, -0.25) is 0 Å². The maximum absolute atomic E-state index is 11.0. The van der Waals surface area contributed by atoms with Gasteiger partial charge in [0.1, 0.15) is 5.01 Å². The lowest BCUT2D eigenvalue weighted by Gasteiger charge is -2.15. The van der Waals surface area contributed by atoms with Gasteiger partial charge >= 0.3 is 5.97 Å². The van der Waals surface area contributed by atoms with Crippen molar-refractivity contribution in [1.82, 2.24) is 4.98 Å². The number of benzene rings is 1. The molecule has 0 atom stereocenters. The molecule has 0 amide bonds. The molecule has 3 nitrogen and oxygen atoms in total. The number of carboxylic acid groups (broad SMARTS) is 1. The predicted molar refractivity (Wildman–Crippen MR) is 75.9 cm³/mol. The second-order valence-electron chi connectivity index (χ2n) is 5.56. The highest BCUT2D eigenvalue weighted by Crippen LogP contribution is 2.43. The van der Waals surface area contributed by atoms with Crippen LogP contribution in [0.5, 0.6) is 0 Å². The molecule has 19 heavy (non-hydrogen) atoms. The van der Waals surface area contributed by atoms with E-state index in [1.165, 1.54) is 10.6 Å². The predicted octanol–water partition coefficient (Wildman–Crippen LogP) is 3.73. The average Bonchev–Trinajstić information content (AvgIpc) is 2.91. The molecule has 1 aromatic heterocycles. The number of fused-ring (bicyclic) bond motifs is 1. The smallest absolute Gasteiger partial charge is 0.335 e. The number of aromatic carboxylic acids is 1. The van der Waals surface area contributed by atoms with Crippen LogP contribution in [0.3, 0.4) is 0 Å². The summed E-state index contributed by atoms with van der Waals surface area (Å²) in [6.45, 7) is 4.44. The molecule has 1 heterocycles. The Bertz CT molecular complexity index is 658. The van der Waals surface area contributed by atoms with Crippen LogP contribution in [-0.4, -0.2) is 16.1 Å². The molecule has 2 aromatic rings. The van der Waals surface area contributed by atoms with Gasteiger partial charge in [0.25, 0.3) is 0 Å². The molecule has 1 aromatic carbocycles. The summed E-state index contributed by atoms with van der Waals surface area (Å²) in [6.07, 6.45) is 2.23. The fourth-order valence-corrected chi connectivity index (χ4v) is 3.74. The van der Waals surface area contributed by atoms with Crippen LogP contribution >= 0.6 is 11.3 Å². The number of nitrogens with zero attached hydrogens (tertiary/aromatic N) is 1. The van der Waals surface area contributed by atoms with Gasteiger partial charge < -0.3 is 5.11 Å². The molecule has 0 bridgehead atoms. The number of carbonyl (C=O) groups is 1. The van der Waals surface area contributed by atoms with Crippen molar-refractivity contribution in [3.63, 3.8) is 0 Å². The molecular weight excluding hydrogens is 258 g/mol. The highest BCUT2D eigenvalue weighted by atomic mass is 32.1. The molecule has 1 aliphatic rings. The van der Waals surface area contributed by atoms with Crippen LogP contribution in [0.4, 0.5) is 0 Å². The number of carboxylic acids is 1. The number of hydrogen-bond donors (Lipinski definition) is 1. The molecule has 4 heteroatoms. The number of aryl methyl sites for hydroxylation is 1. The zero-order valence-electron chi connectivity index (χ0n) is 10.9. The third-order valence-corrected chi connectivity index (χ3v) is 4.84. The van der Waals surface area contributed by atoms with Crippen LogP contribution in [0.15, 0.2) is 24.3 Å². The van der Waals surface area contributed by atoms with Crippen LogP contribution in [0.2, 0.25) is 0 Å². The molecule has 1 N–H and O–H groups in total. The molecule has 0 saturated heterocycles. The SMILES string of the molecule is CC1(C)CCc2sc(-c3cccc(C(=O)O)c3)nc21. The van der Waals surface area contributed by atoms with Crippen molar-refractivity contribution < 1.29 is 9.90 Å². The standard InChI is InChI=1S/C15H15NO2S/c1-15(2)7-6-11-12(15)16-13(19-11)9-4-3-5-10(8-9)14(17)18/h3-5,8H,6-7H2,1-2H3,(H,17,18). The summed E-state index contributed by atoms with van der Waals surface area (Å²) in [4.78, 5) is 17.1. The Morgan fingerprint density at radius 3 is 2.89 bits per heavy atom. The highest BCUT2D eigenvalue weighted by Gasteiger charge is 2.33. The summed E-state index contributed by atoms with van der Waals surface area (Å²) in [5.41, 5.74) is 2.55. The van der Waals surface area contributed by atoms with E-state index >= 15 is 0 Å². The van der Waals surface area contributed by atoms with Gasteiger partial charge in [0.2, 0.25) is 0 Å². The van der Waals surface area contributed by atoms with Crippen molar-refractivity contribution in [1.29, 1.82) is 0 Å². The van der Waals surface area contributed by atoms with Gasteiger partial charge in [-0.2, -0.15) is 0 Å². The molecule has 0 radical (unpaired) electrons. The molecule has 0 aliphatic heterocycles. The number of rotatable bonds is 2. The number of hydrogen-bond acceptors (Lipinski definition) is 3. The Hall–Kier alpha value is -1.68. The Morgan fingerprint density at radius 1 is 1.42 bits per heavy atom. The Kier molecular flexibility index (Phi) is 2.71. The number of thiazole rings is 1. The third-order valence-electron chi connectivity index (χ3n) is 3.67. The van der Waals surface area contributed by atoms with Gasteiger partial charge in [-0.25, -0.2) is 9.78 Å². The first-order chi connectivity index (χ1) is 8.97. The van der Waals surface area contributed by atoms with Gasteiger partial charge in [-0.1, -0.05) is 26.0 Å². The van der Waals surface area contributed by atoms with Crippen molar-refractivity contribution in [3.8, 4) is 10.6 Å². The molecule has 3 rings (SSSR count). The first kappa shape index (κ1) is 12.4. The molecule has 0 saturated carbocycles. The van der Waals surface area contributed by atoms with E-state index in [4.69, 9.17) is 10.1 Å². The minimum Gasteiger partial charge on any atom is -0.478 e. The van der Waals surface area contributed by atoms with Crippen LogP contribution < -0.4 is 0 Å². The van der Waals surface area contributed by atoms with E-state index in [-0.39, 0.29) is 5.41 Å². The van der Waals surface area contributed by atoms with E-state index in [1.54, 1.807) is 29.5 Å². The quantitative estimate of drug-likeness (QED) is 0.907. The molecular formula is C15H15NO2S. The van der Waals surface area contributed by atoms with E-state index in [2.05, 4.69) is 13.8 Å². The normalized spacial score (nSPS) is 16.3. The van der Waals surface area contributed by atoms with E-state index in [0.29, 0.717) is 5.56 Å². The Balaban J connectivity index is 2.05. The zero-order chi connectivity index (χ0) is 13.6. The first-order valence-electron chi connectivity index (χ1n) is 6.31. The van der Waals surface area contributed by atoms with Gasteiger partial charge in [0, 0.05) is 15.9 Å². The van der Waals surface area contributed by atoms with Crippen LogP contribution in [0.1, 0.15) is 41.2 Å². The van der Waals surface area contributed by atoms with E-state index in [0.717, 1.165) is 23.4 Å². The maximum Gasteiger partial charge on any atom is 0.335 e. The van der Waals surface area contributed by atoms with Crippen molar-refractivity contribution in [2.45, 2.75) is 32.1 Å². The Morgan fingerprint density at radius 2 is 2.21 bits per heavy atom. The average molecular weight is 273 g/mol. The number of aromatic nitrogens is 1. The summed E-state index contributed by atoms with van der Waals surface area (Å²) in [7, 11) is 0. The van der Waals surface area contributed by atoms with E-state index in [9.17, 15) is 4.79 Å². The van der Waals surface area contributed by atoms with Crippen LogP contribution in [0.25, 0.3) is 10.6 Å². The lowest BCUT2D eigenvalue weighted by Crippen LogP contribution is -2.12. The van der Waals surface area contributed by atoms with Crippen molar-refractivity contribution in [2.24, 2.45) is 0 Å². The second-order valence-corrected chi connectivity index (χ2v) is 6.64. The third kappa shape index (κ3) is 2.06. The van der Waals surface area contributed by atoms with Gasteiger partial charge in [0.05, 0.1) is 11.3 Å². The van der Waals surface area contributed by atoms with Crippen LogP contribution in [-0.2, 0) is 11.8 Å². The summed E-state index contributed by atoms with van der Waals surface area (Å²) >= 11 is 1.69. The maximum atomic E-state index is 11.0. The van der Waals surface area contributed by atoms with Crippen LogP contribution in [0, 0.1) is 0 Å². The summed E-state index contributed by atoms with van der Waals surface area (Å²) in [5.74, 6) is -0.897. The minimum absolute atomic E-state index is 0.147. The summed E-state index contributed by atoms with van der Waals surface area (Å²) < 4.78 is 0. The molecule has 0 unspecified atom stereocenters. The molecule has 0 fully saturated rings. The van der Waals surface area contributed by atoms with Gasteiger partial charge in [-0.15, -0.1) is 11.3 Å². The van der Waals surface area contributed by atoms with Crippen molar-refractivity contribution in [2.75, 3.05) is 0 Å². The summed E-state index contributed by atoms with van der Waals surface area (Å²) in [6, 6.07) is 7.00. The molecule has 1 aliphatic carbocycles. The largest absolute Gasteiger partial charge is 0.478 e. The molecule has 98 valence electrons. The fraction of sp³-hybridized carbons (Fsp3) is 0.333. The topological polar surface area (TPSA) is 50.2 Å². The first-order valence-corrected chi connectivity index (χ1v) is 7.13. The minimum atomic E-state index is -0.897. The highest BCUT2D eigenvalue weighted by molar-refractivity contribution is 7.15. The molecule has 0 spiro atoms. The second kappa shape index (κ2) is 4.17. The van der Waals surface area contributed by atoms with Crippen molar-refractivity contribution >= 4 is 17.3 Å².